The zero-order chi connectivity index (χ0) is 9.26. The average Bonchev–Trinajstić information content (AvgIpc) is 2.49. The van der Waals surface area contributed by atoms with Gasteiger partial charge in [0.2, 0.25) is 0 Å². The quantitative estimate of drug-likeness (QED) is 0.707. The molecule has 1 heterocycles. The van der Waals surface area contributed by atoms with E-state index in [1.165, 1.54) is 0 Å². The van der Waals surface area contributed by atoms with Gasteiger partial charge in [0, 0.05) is 24.0 Å². The third-order valence-corrected chi connectivity index (χ3v) is 2.21. The molecule has 0 fully saturated rings. The molecular weight excluding hydrogens is 166 g/mol. The molecule has 0 bridgehead atoms. The van der Waals surface area contributed by atoms with Crippen LogP contribution in [0.15, 0.2) is 18.2 Å². The second kappa shape index (κ2) is 2.98. The highest BCUT2D eigenvalue weighted by Crippen LogP contribution is 2.37. The van der Waals surface area contributed by atoms with Gasteiger partial charge in [-0.3, -0.25) is 0 Å². The van der Waals surface area contributed by atoms with Gasteiger partial charge in [-0.05, 0) is 6.07 Å². The molecule has 1 atom stereocenters. The highest BCUT2D eigenvalue weighted by atomic mass is 16.5. The molecule has 1 aliphatic rings. The Balaban J connectivity index is 2.34. The lowest BCUT2D eigenvalue weighted by Crippen LogP contribution is -1.98. The predicted octanol–water partition coefficient (Wildman–Crippen LogP) is 1.78. The molecule has 0 aliphatic carbocycles. The van der Waals surface area contributed by atoms with E-state index in [-0.39, 0.29) is 11.7 Å². The highest BCUT2D eigenvalue weighted by molar-refractivity contribution is 5.44. The van der Waals surface area contributed by atoms with Crippen LogP contribution >= 0.6 is 0 Å². The maximum atomic E-state index is 9.17. The second-order valence-corrected chi connectivity index (χ2v) is 3.09. The molecule has 0 aromatic heterocycles. The molecule has 13 heavy (non-hydrogen) atoms. The minimum Gasteiger partial charge on any atom is -0.508 e. The molecule has 1 aliphatic heterocycles. The summed E-state index contributed by atoms with van der Waals surface area (Å²) in [6.07, 6.45) is 0.470. The van der Waals surface area contributed by atoms with Gasteiger partial charge in [-0.15, -0.1) is 0 Å². The summed E-state index contributed by atoms with van der Waals surface area (Å²) >= 11 is 0. The van der Waals surface area contributed by atoms with Gasteiger partial charge in [0.15, 0.2) is 0 Å². The Morgan fingerprint density at radius 2 is 2.46 bits per heavy atom. The van der Waals surface area contributed by atoms with Gasteiger partial charge in [-0.25, -0.2) is 0 Å². The number of benzene rings is 1. The summed E-state index contributed by atoms with van der Waals surface area (Å²) in [5.41, 5.74) is 1.03. The summed E-state index contributed by atoms with van der Waals surface area (Å²) in [7, 11) is 0. The van der Waals surface area contributed by atoms with Gasteiger partial charge in [-0.2, -0.15) is 5.26 Å². The molecule has 0 unspecified atom stereocenters. The van der Waals surface area contributed by atoms with Crippen molar-refractivity contribution in [3.8, 4) is 17.6 Å². The molecule has 2 rings (SSSR count). The predicted molar refractivity (Wildman–Crippen MR) is 46.6 cm³/mol. The first-order valence-corrected chi connectivity index (χ1v) is 4.14. The summed E-state index contributed by atoms with van der Waals surface area (Å²) in [6, 6.07) is 7.15. The first kappa shape index (κ1) is 7.93. The third kappa shape index (κ3) is 1.31. The molecule has 1 N–H and O–H groups in total. The molecule has 0 spiro atoms. The number of nitriles is 1. The van der Waals surface area contributed by atoms with Gasteiger partial charge in [-0.1, -0.05) is 6.07 Å². The highest BCUT2D eigenvalue weighted by Gasteiger charge is 2.23. The van der Waals surface area contributed by atoms with E-state index in [4.69, 9.17) is 15.1 Å². The van der Waals surface area contributed by atoms with Crippen LogP contribution in [-0.2, 0) is 0 Å². The Morgan fingerprint density at radius 1 is 1.62 bits per heavy atom. The van der Waals surface area contributed by atoms with Gasteiger partial charge in [0.05, 0.1) is 12.7 Å². The van der Waals surface area contributed by atoms with Crippen molar-refractivity contribution in [3.05, 3.63) is 23.8 Å². The minimum absolute atomic E-state index is 0.167. The zero-order valence-electron chi connectivity index (χ0n) is 7.03. The van der Waals surface area contributed by atoms with Crippen LogP contribution in [0.3, 0.4) is 0 Å². The van der Waals surface area contributed by atoms with Crippen LogP contribution in [0.25, 0.3) is 0 Å². The maximum Gasteiger partial charge on any atom is 0.126 e. The van der Waals surface area contributed by atoms with Crippen molar-refractivity contribution in [3.63, 3.8) is 0 Å². The molecular formula is C10H9NO2. The van der Waals surface area contributed by atoms with E-state index < -0.39 is 0 Å². The lowest BCUT2D eigenvalue weighted by molar-refractivity contribution is 0.330. The number of phenols is 1. The fourth-order valence-corrected chi connectivity index (χ4v) is 1.54. The van der Waals surface area contributed by atoms with Crippen molar-refractivity contribution in [1.82, 2.24) is 0 Å². The number of hydrogen-bond donors (Lipinski definition) is 1. The monoisotopic (exact) mass is 175 g/mol. The molecule has 0 radical (unpaired) electrons. The van der Waals surface area contributed by atoms with Gasteiger partial charge in [0.25, 0.3) is 0 Å². The van der Waals surface area contributed by atoms with Crippen LogP contribution in [-0.4, -0.2) is 11.7 Å². The molecule has 1 aromatic rings. The molecule has 0 saturated heterocycles. The zero-order valence-corrected chi connectivity index (χ0v) is 7.03. The van der Waals surface area contributed by atoms with E-state index in [9.17, 15) is 0 Å². The molecule has 3 nitrogen and oxygen atoms in total. The van der Waals surface area contributed by atoms with E-state index in [0.717, 1.165) is 5.56 Å². The van der Waals surface area contributed by atoms with Crippen LogP contribution in [0.1, 0.15) is 17.9 Å². The number of fused-ring (bicyclic) bond motifs is 1. The molecule has 66 valence electrons. The van der Waals surface area contributed by atoms with Crippen molar-refractivity contribution in [2.75, 3.05) is 6.61 Å². The minimum atomic E-state index is 0.167. The smallest absolute Gasteiger partial charge is 0.126 e. The number of aromatic hydroxyl groups is 1. The van der Waals surface area contributed by atoms with Crippen molar-refractivity contribution < 1.29 is 9.84 Å². The lowest BCUT2D eigenvalue weighted by atomic mass is 9.99. The van der Waals surface area contributed by atoms with E-state index in [2.05, 4.69) is 6.07 Å². The Bertz CT molecular complexity index is 368. The third-order valence-electron chi connectivity index (χ3n) is 2.21. The average molecular weight is 175 g/mol. The molecule has 1 aromatic carbocycles. The number of hydrogen-bond acceptors (Lipinski definition) is 3. The molecule has 0 saturated carbocycles. The SMILES string of the molecule is N#CC[C@@H]1COc2cc(O)ccc21. The fraction of sp³-hybridized carbons (Fsp3) is 0.300. The van der Waals surface area contributed by atoms with E-state index in [1.807, 2.05) is 6.07 Å². The van der Waals surface area contributed by atoms with Crippen molar-refractivity contribution in [2.24, 2.45) is 0 Å². The van der Waals surface area contributed by atoms with E-state index in [0.29, 0.717) is 18.8 Å². The maximum absolute atomic E-state index is 9.17. The number of rotatable bonds is 1. The van der Waals surface area contributed by atoms with Crippen LogP contribution in [0.5, 0.6) is 11.5 Å². The van der Waals surface area contributed by atoms with E-state index in [1.54, 1.807) is 12.1 Å². The first-order chi connectivity index (χ1) is 6.31. The van der Waals surface area contributed by atoms with Crippen molar-refractivity contribution >= 4 is 0 Å². The summed E-state index contributed by atoms with van der Waals surface area (Å²) in [5.74, 6) is 1.08. The Labute approximate surface area is 76.2 Å². The Kier molecular flexibility index (Phi) is 1.82. The summed E-state index contributed by atoms with van der Waals surface area (Å²) < 4.78 is 5.33. The van der Waals surface area contributed by atoms with Gasteiger partial charge >= 0.3 is 0 Å². The largest absolute Gasteiger partial charge is 0.508 e. The van der Waals surface area contributed by atoms with Gasteiger partial charge in [0.1, 0.15) is 11.5 Å². The van der Waals surface area contributed by atoms with Crippen LogP contribution < -0.4 is 4.74 Å². The lowest BCUT2D eigenvalue weighted by Gasteiger charge is -2.01. The Hall–Kier alpha value is -1.69. The molecule has 0 amide bonds. The van der Waals surface area contributed by atoms with Gasteiger partial charge < -0.3 is 9.84 Å². The van der Waals surface area contributed by atoms with Crippen molar-refractivity contribution in [2.45, 2.75) is 12.3 Å². The summed E-state index contributed by atoms with van der Waals surface area (Å²) in [6.45, 7) is 0.548. The summed E-state index contributed by atoms with van der Waals surface area (Å²) in [5, 5.41) is 17.7. The number of ether oxygens (including phenoxy) is 1. The second-order valence-electron chi connectivity index (χ2n) is 3.09. The number of nitrogens with zero attached hydrogens (tertiary/aromatic N) is 1. The Morgan fingerprint density at radius 3 is 3.23 bits per heavy atom. The van der Waals surface area contributed by atoms with Crippen LogP contribution in [0.4, 0.5) is 0 Å². The molecule has 3 heteroatoms. The fourth-order valence-electron chi connectivity index (χ4n) is 1.54. The van der Waals surface area contributed by atoms with Crippen molar-refractivity contribution in [1.29, 1.82) is 5.26 Å². The topological polar surface area (TPSA) is 53.2 Å². The first-order valence-electron chi connectivity index (χ1n) is 4.14. The van der Waals surface area contributed by atoms with Crippen LogP contribution in [0, 0.1) is 11.3 Å². The van der Waals surface area contributed by atoms with Crippen LogP contribution in [0.2, 0.25) is 0 Å². The normalized spacial score (nSPS) is 18.8. The summed E-state index contributed by atoms with van der Waals surface area (Å²) in [4.78, 5) is 0. The standard InChI is InChI=1S/C10H9NO2/c11-4-3-7-6-13-10-5-8(12)1-2-9(7)10/h1-2,5,7,12H,3,6H2/t7-/m1/s1. The number of phenolic OH excluding ortho intramolecular Hbond substituents is 1. The van der Waals surface area contributed by atoms with E-state index >= 15 is 0 Å².